The SMILES string of the molecule is O=C1S/C(=C/c2cc(I)c(OCc3ccc4ccccc4c3)c(I)c2)C(=O)N1c1ccc(Cl)cc1. The molecule has 0 bridgehead atoms. The molecule has 5 rings (SSSR count). The lowest BCUT2D eigenvalue weighted by atomic mass is 10.1. The zero-order valence-corrected chi connectivity index (χ0v) is 23.9. The minimum absolute atomic E-state index is 0.330. The first kappa shape index (κ1) is 24.6. The Morgan fingerprint density at radius 2 is 1.57 bits per heavy atom. The molecule has 0 atom stereocenters. The number of carbonyl (C=O) groups is 2. The van der Waals surface area contributed by atoms with E-state index in [0.717, 1.165) is 35.8 Å². The highest BCUT2D eigenvalue weighted by Gasteiger charge is 2.36. The Labute approximate surface area is 239 Å². The van der Waals surface area contributed by atoms with Crippen molar-refractivity contribution in [3.63, 3.8) is 0 Å². The Morgan fingerprint density at radius 1 is 0.886 bits per heavy atom. The predicted molar refractivity (Wildman–Crippen MR) is 160 cm³/mol. The summed E-state index contributed by atoms with van der Waals surface area (Å²) in [7, 11) is 0. The molecule has 1 saturated heterocycles. The second-order valence-electron chi connectivity index (χ2n) is 7.78. The number of anilines is 1. The van der Waals surface area contributed by atoms with Crippen LogP contribution in [-0.2, 0) is 11.4 Å². The molecule has 4 aromatic rings. The van der Waals surface area contributed by atoms with Gasteiger partial charge in [-0.2, -0.15) is 0 Å². The van der Waals surface area contributed by atoms with Gasteiger partial charge in [0.25, 0.3) is 11.1 Å². The molecule has 35 heavy (non-hydrogen) atoms. The third-order valence-corrected chi connectivity index (χ3v) is 8.12. The number of nitrogens with zero attached hydrogens (tertiary/aromatic N) is 1. The molecule has 0 N–H and O–H groups in total. The monoisotopic (exact) mass is 723 g/mol. The maximum Gasteiger partial charge on any atom is 0.298 e. The van der Waals surface area contributed by atoms with Crippen LogP contribution < -0.4 is 9.64 Å². The fourth-order valence-corrected chi connectivity index (χ4v) is 6.81. The van der Waals surface area contributed by atoms with Gasteiger partial charge in [0.15, 0.2) is 0 Å². The number of ether oxygens (including phenoxy) is 1. The molecule has 1 heterocycles. The average Bonchev–Trinajstić information content (AvgIpc) is 3.11. The van der Waals surface area contributed by atoms with Crippen LogP contribution in [0.2, 0.25) is 5.02 Å². The van der Waals surface area contributed by atoms with Gasteiger partial charge in [-0.05, 0) is 127 Å². The standard InChI is InChI=1S/C27H16ClI2NO3S/c28-20-7-9-21(10-8-20)31-26(32)24(35-27(31)33)14-17-12-22(29)25(23(30)13-17)34-15-16-5-6-18-3-1-2-4-19(18)11-16/h1-14H,15H2/b24-14+. The van der Waals surface area contributed by atoms with Crippen molar-refractivity contribution >= 4 is 102 Å². The Bertz CT molecular complexity index is 1480. The van der Waals surface area contributed by atoms with Gasteiger partial charge in [0.05, 0.1) is 17.7 Å². The summed E-state index contributed by atoms with van der Waals surface area (Å²) in [5, 5.41) is 2.60. The van der Waals surface area contributed by atoms with Crippen LogP contribution in [0.4, 0.5) is 10.5 Å². The van der Waals surface area contributed by atoms with Crippen molar-refractivity contribution in [3.05, 3.63) is 107 Å². The molecule has 0 saturated carbocycles. The molecule has 2 amide bonds. The number of imide groups is 1. The topological polar surface area (TPSA) is 46.6 Å². The van der Waals surface area contributed by atoms with Gasteiger partial charge in [-0.25, -0.2) is 4.90 Å². The molecule has 0 aromatic heterocycles. The summed E-state index contributed by atoms with van der Waals surface area (Å²) in [6, 6.07) is 25.1. The van der Waals surface area contributed by atoms with Gasteiger partial charge in [-0.3, -0.25) is 9.59 Å². The lowest BCUT2D eigenvalue weighted by molar-refractivity contribution is -0.113. The highest BCUT2D eigenvalue weighted by molar-refractivity contribution is 14.1. The third kappa shape index (κ3) is 5.37. The summed E-state index contributed by atoms with van der Waals surface area (Å²) in [5.41, 5.74) is 2.43. The number of fused-ring (bicyclic) bond motifs is 1. The second-order valence-corrected chi connectivity index (χ2v) is 11.5. The quantitative estimate of drug-likeness (QED) is 0.153. The van der Waals surface area contributed by atoms with Crippen molar-refractivity contribution in [3.8, 4) is 5.75 Å². The summed E-state index contributed by atoms with van der Waals surface area (Å²) in [6.07, 6.45) is 1.75. The summed E-state index contributed by atoms with van der Waals surface area (Å²) in [6.45, 7) is 0.455. The molecule has 1 fully saturated rings. The van der Waals surface area contributed by atoms with E-state index in [1.807, 2.05) is 24.3 Å². The highest BCUT2D eigenvalue weighted by atomic mass is 127. The van der Waals surface area contributed by atoms with Crippen molar-refractivity contribution in [2.75, 3.05) is 4.90 Å². The number of hydrogen-bond donors (Lipinski definition) is 0. The Kier molecular flexibility index (Phi) is 7.38. The summed E-state index contributed by atoms with van der Waals surface area (Å²) in [4.78, 5) is 27.0. The van der Waals surface area contributed by atoms with Crippen molar-refractivity contribution in [2.24, 2.45) is 0 Å². The van der Waals surface area contributed by atoms with E-state index in [1.54, 1.807) is 30.3 Å². The van der Waals surface area contributed by atoms with Crippen LogP contribution >= 0.6 is 68.5 Å². The molecule has 8 heteroatoms. The van der Waals surface area contributed by atoms with Gasteiger partial charge in [0.1, 0.15) is 12.4 Å². The van der Waals surface area contributed by atoms with Gasteiger partial charge >= 0.3 is 0 Å². The molecule has 174 valence electrons. The van der Waals surface area contributed by atoms with Crippen LogP contribution in [0.1, 0.15) is 11.1 Å². The second kappa shape index (κ2) is 10.5. The number of hydrogen-bond acceptors (Lipinski definition) is 4. The summed E-state index contributed by atoms with van der Waals surface area (Å²) < 4.78 is 8.03. The number of rotatable bonds is 5. The first-order chi connectivity index (χ1) is 16.9. The fourth-order valence-electron chi connectivity index (χ4n) is 3.72. The van der Waals surface area contributed by atoms with Crippen molar-refractivity contribution < 1.29 is 14.3 Å². The molecule has 4 nitrogen and oxygen atoms in total. The van der Waals surface area contributed by atoms with Gasteiger partial charge < -0.3 is 4.74 Å². The summed E-state index contributed by atoms with van der Waals surface area (Å²) >= 11 is 11.3. The fraction of sp³-hybridized carbons (Fsp3) is 0.0370. The first-order valence-corrected chi connectivity index (χ1v) is 13.9. The Hall–Kier alpha value is -2.08. The smallest absolute Gasteiger partial charge is 0.298 e. The van der Waals surface area contributed by atoms with Gasteiger partial charge in [0, 0.05) is 5.02 Å². The van der Waals surface area contributed by atoms with Gasteiger partial charge in [-0.1, -0.05) is 48.0 Å². The minimum Gasteiger partial charge on any atom is -0.487 e. The minimum atomic E-state index is -0.344. The van der Waals surface area contributed by atoms with Crippen LogP contribution in [0.5, 0.6) is 5.75 Å². The lowest BCUT2D eigenvalue weighted by Crippen LogP contribution is -2.27. The Morgan fingerprint density at radius 3 is 2.29 bits per heavy atom. The van der Waals surface area contributed by atoms with E-state index in [1.165, 1.54) is 15.7 Å². The van der Waals surface area contributed by atoms with Crippen LogP contribution in [0, 0.1) is 7.14 Å². The van der Waals surface area contributed by atoms with Crippen molar-refractivity contribution in [1.82, 2.24) is 0 Å². The summed E-state index contributed by atoms with van der Waals surface area (Å²) in [5.74, 6) is 0.453. The van der Waals surface area contributed by atoms with E-state index < -0.39 is 0 Å². The van der Waals surface area contributed by atoms with Gasteiger partial charge in [-0.15, -0.1) is 0 Å². The highest BCUT2D eigenvalue weighted by Crippen LogP contribution is 2.37. The predicted octanol–water partition coefficient (Wildman–Crippen LogP) is 8.52. The molecular weight excluding hydrogens is 708 g/mol. The van der Waals surface area contributed by atoms with Crippen LogP contribution in [0.25, 0.3) is 16.8 Å². The number of halogens is 3. The van der Waals surface area contributed by atoms with E-state index in [2.05, 4.69) is 75.5 Å². The maximum absolute atomic E-state index is 12.9. The molecule has 0 spiro atoms. The average molecular weight is 724 g/mol. The molecule has 4 aromatic carbocycles. The third-order valence-electron chi connectivity index (χ3n) is 5.39. The molecular formula is C27H16ClI2NO3S. The molecule has 0 radical (unpaired) electrons. The first-order valence-electron chi connectivity index (χ1n) is 10.5. The van der Waals surface area contributed by atoms with Crippen molar-refractivity contribution in [2.45, 2.75) is 6.61 Å². The number of carbonyl (C=O) groups excluding carboxylic acids is 2. The lowest BCUT2D eigenvalue weighted by Gasteiger charge is -2.13. The number of amides is 2. The van der Waals surface area contributed by atoms with Crippen molar-refractivity contribution in [1.29, 1.82) is 0 Å². The molecule has 1 aliphatic rings. The van der Waals surface area contributed by atoms with E-state index in [4.69, 9.17) is 16.3 Å². The Balaban J connectivity index is 1.34. The zero-order valence-electron chi connectivity index (χ0n) is 18.0. The van der Waals surface area contributed by atoms with Gasteiger partial charge in [0.2, 0.25) is 0 Å². The van der Waals surface area contributed by atoms with E-state index in [9.17, 15) is 9.59 Å². The molecule has 0 aliphatic carbocycles. The normalized spacial score (nSPS) is 14.8. The maximum atomic E-state index is 12.9. The largest absolute Gasteiger partial charge is 0.487 e. The molecule has 1 aliphatic heterocycles. The van der Waals surface area contributed by atoms with E-state index in [0.29, 0.717) is 22.2 Å². The van der Waals surface area contributed by atoms with E-state index >= 15 is 0 Å². The number of thioether (sulfide) groups is 1. The van der Waals surface area contributed by atoms with E-state index in [-0.39, 0.29) is 11.1 Å². The van der Waals surface area contributed by atoms with Crippen LogP contribution in [-0.4, -0.2) is 11.1 Å². The van der Waals surface area contributed by atoms with Crippen LogP contribution in [0.3, 0.4) is 0 Å². The zero-order chi connectivity index (χ0) is 24.5. The number of benzene rings is 4. The van der Waals surface area contributed by atoms with Crippen LogP contribution in [0.15, 0.2) is 83.8 Å². The molecule has 0 unspecified atom stereocenters.